The van der Waals surface area contributed by atoms with Gasteiger partial charge in [-0.25, -0.2) is 0 Å². The van der Waals surface area contributed by atoms with Gasteiger partial charge in [0.05, 0.1) is 5.92 Å². The number of nitrogens with zero attached hydrogens (tertiary/aromatic N) is 1. The molecule has 4 aliphatic carbocycles. The number of hydrogen-bond acceptors (Lipinski definition) is 3. The fourth-order valence-electron chi connectivity index (χ4n) is 7.73. The van der Waals surface area contributed by atoms with Crippen LogP contribution in [0.3, 0.4) is 0 Å². The molecule has 11 heteroatoms. The van der Waals surface area contributed by atoms with Crippen molar-refractivity contribution in [1.82, 2.24) is 4.90 Å². The van der Waals surface area contributed by atoms with E-state index in [1.54, 1.807) is 4.90 Å². The SMILES string of the molecule is CC1(C)[C@H]2CC[C@@]1(C(=O)N(C1CCCCC1)C1CCCCC1)C(=O)[C@@H]2C(=O)C(F)(F)C(F)(F)C(F)(F)F. The van der Waals surface area contributed by atoms with Crippen LogP contribution in [-0.4, -0.2) is 52.5 Å². The van der Waals surface area contributed by atoms with Gasteiger partial charge < -0.3 is 4.90 Å². The fraction of sp³-hybridized carbons (Fsp3) is 0.885. The Balaban J connectivity index is 1.73. The highest BCUT2D eigenvalue weighted by atomic mass is 19.4. The van der Waals surface area contributed by atoms with E-state index in [0.717, 1.165) is 38.5 Å². The third kappa shape index (κ3) is 3.95. The van der Waals surface area contributed by atoms with E-state index in [1.807, 2.05) is 0 Å². The zero-order valence-electron chi connectivity index (χ0n) is 21.1. The molecule has 1 amide bonds. The van der Waals surface area contributed by atoms with E-state index >= 15 is 0 Å². The maximum absolute atomic E-state index is 14.5. The third-order valence-corrected chi connectivity index (χ3v) is 9.84. The highest BCUT2D eigenvalue weighted by Crippen LogP contribution is 2.68. The molecular formula is C26H34F7NO3. The van der Waals surface area contributed by atoms with Crippen molar-refractivity contribution in [2.75, 3.05) is 0 Å². The lowest BCUT2D eigenvalue weighted by Gasteiger charge is -2.47. The highest BCUT2D eigenvalue weighted by Gasteiger charge is 2.81. The lowest BCUT2D eigenvalue weighted by atomic mass is 9.67. The van der Waals surface area contributed by atoms with E-state index in [0.29, 0.717) is 25.7 Å². The number of rotatable bonds is 6. The van der Waals surface area contributed by atoms with Crippen molar-refractivity contribution < 1.29 is 45.1 Å². The number of Topliss-reactive ketones (excluding diaryl/α,β-unsaturated/α-hetero) is 2. The van der Waals surface area contributed by atoms with Gasteiger partial charge in [0.1, 0.15) is 5.41 Å². The van der Waals surface area contributed by atoms with E-state index in [-0.39, 0.29) is 24.9 Å². The van der Waals surface area contributed by atoms with Crippen molar-refractivity contribution in [3.63, 3.8) is 0 Å². The molecule has 0 aromatic rings. The van der Waals surface area contributed by atoms with Gasteiger partial charge in [0.15, 0.2) is 5.78 Å². The first-order valence-corrected chi connectivity index (χ1v) is 13.3. The lowest BCUT2D eigenvalue weighted by Crippen LogP contribution is -2.60. The molecule has 210 valence electrons. The van der Waals surface area contributed by atoms with Crippen molar-refractivity contribution in [3.05, 3.63) is 0 Å². The third-order valence-electron chi connectivity index (χ3n) is 9.84. The Hall–Kier alpha value is -1.68. The largest absolute Gasteiger partial charge is 0.460 e. The second-order valence-electron chi connectivity index (χ2n) is 11.9. The summed E-state index contributed by atoms with van der Waals surface area (Å²) in [6.45, 7) is 2.96. The fourth-order valence-corrected chi connectivity index (χ4v) is 7.73. The first-order valence-electron chi connectivity index (χ1n) is 13.3. The van der Waals surface area contributed by atoms with Crippen molar-refractivity contribution >= 4 is 17.5 Å². The Labute approximate surface area is 211 Å². The van der Waals surface area contributed by atoms with Crippen LogP contribution < -0.4 is 0 Å². The van der Waals surface area contributed by atoms with Crippen molar-refractivity contribution in [2.24, 2.45) is 22.7 Å². The Morgan fingerprint density at radius 3 is 1.68 bits per heavy atom. The topological polar surface area (TPSA) is 54.5 Å². The molecule has 0 heterocycles. The normalized spacial score (nSPS) is 31.5. The average Bonchev–Trinajstić information content (AvgIpc) is 3.19. The number of carbonyl (C=O) groups is 3. The molecule has 0 N–H and O–H groups in total. The number of ketones is 2. The minimum absolute atomic E-state index is 0.0384. The molecule has 0 aromatic heterocycles. The molecule has 4 aliphatic rings. The summed E-state index contributed by atoms with van der Waals surface area (Å²) in [5.41, 5.74) is -3.26. The summed E-state index contributed by atoms with van der Waals surface area (Å²) in [4.78, 5) is 42.6. The second-order valence-corrected chi connectivity index (χ2v) is 11.9. The maximum atomic E-state index is 14.5. The van der Waals surface area contributed by atoms with E-state index in [9.17, 15) is 45.1 Å². The summed E-state index contributed by atoms with van der Waals surface area (Å²) < 4.78 is 94.9. The van der Waals surface area contributed by atoms with Crippen LogP contribution in [0.1, 0.15) is 90.9 Å². The highest BCUT2D eigenvalue weighted by molar-refractivity contribution is 6.19. The molecule has 0 saturated heterocycles. The van der Waals surface area contributed by atoms with Gasteiger partial charge in [-0.1, -0.05) is 52.4 Å². The molecule has 2 bridgehead atoms. The number of fused-ring (bicyclic) bond motifs is 2. The Kier molecular flexibility index (Phi) is 7.05. The Bertz CT molecular complexity index is 917. The van der Waals surface area contributed by atoms with Gasteiger partial charge in [-0.2, -0.15) is 30.7 Å². The molecule has 0 aromatic carbocycles. The standard InChI is InChI=1S/C26H34F7NO3/c1-22(2)17-13-14-23(22,19(35)18(17)20(36)24(27,28)25(29,30)26(31,32)33)21(37)34(15-9-5-3-6-10-15)16-11-7-4-8-12-16/h15-18H,3-14H2,1-2H3/t17-,18+,23-/m0/s1. The average molecular weight is 542 g/mol. The summed E-state index contributed by atoms with van der Waals surface area (Å²) in [7, 11) is 0. The van der Waals surface area contributed by atoms with Gasteiger partial charge in [-0.3, -0.25) is 14.4 Å². The number of carbonyl (C=O) groups excluding carboxylic acids is 3. The zero-order chi connectivity index (χ0) is 27.6. The van der Waals surface area contributed by atoms with Gasteiger partial charge in [0.25, 0.3) is 0 Å². The molecule has 4 rings (SSSR count). The van der Waals surface area contributed by atoms with Crippen LogP contribution in [0.5, 0.6) is 0 Å². The molecule has 3 atom stereocenters. The molecule has 37 heavy (non-hydrogen) atoms. The minimum Gasteiger partial charge on any atom is -0.336 e. The first-order chi connectivity index (χ1) is 17.0. The Morgan fingerprint density at radius 2 is 1.24 bits per heavy atom. The van der Waals surface area contributed by atoms with Gasteiger partial charge in [0.2, 0.25) is 11.7 Å². The number of alkyl halides is 7. The molecule has 4 saturated carbocycles. The van der Waals surface area contributed by atoms with E-state index in [1.165, 1.54) is 13.8 Å². The zero-order valence-corrected chi connectivity index (χ0v) is 21.1. The predicted molar refractivity (Wildman–Crippen MR) is 119 cm³/mol. The van der Waals surface area contributed by atoms with Gasteiger partial charge in [-0.15, -0.1) is 0 Å². The molecule has 0 spiro atoms. The summed E-state index contributed by atoms with van der Waals surface area (Å²) in [5.74, 6) is -20.9. The van der Waals surface area contributed by atoms with E-state index in [2.05, 4.69) is 0 Å². The summed E-state index contributed by atoms with van der Waals surface area (Å²) >= 11 is 0. The monoisotopic (exact) mass is 541 g/mol. The molecular weight excluding hydrogens is 507 g/mol. The maximum Gasteiger partial charge on any atom is 0.460 e. The van der Waals surface area contributed by atoms with Crippen LogP contribution in [-0.2, 0) is 14.4 Å². The van der Waals surface area contributed by atoms with E-state index < -0.39 is 58.2 Å². The quantitative estimate of drug-likeness (QED) is 0.285. The van der Waals surface area contributed by atoms with Crippen LogP contribution in [0.25, 0.3) is 0 Å². The minimum atomic E-state index is -6.69. The first kappa shape index (κ1) is 28.3. The van der Waals surface area contributed by atoms with Crippen molar-refractivity contribution in [2.45, 2.75) is 121 Å². The smallest absolute Gasteiger partial charge is 0.336 e. The number of amides is 1. The van der Waals surface area contributed by atoms with Crippen LogP contribution in [0.15, 0.2) is 0 Å². The molecule has 4 nitrogen and oxygen atoms in total. The number of hydrogen-bond donors (Lipinski definition) is 0. The van der Waals surface area contributed by atoms with Gasteiger partial charge >= 0.3 is 18.0 Å². The Morgan fingerprint density at radius 1 is 0.784 bits per heavy atom. The van der Waals surface area contributed by atoms with E-state index in [4.69, 9.17) is 0 Å². The lowest BCUT2D eigenvalue weighted by molar-refractivity contribution is -0.344. The molecule has 0 unspecified atom stereocenters. The van der Waals surface area contributed by atoms with Crippen LogP contribution in [0.2, 0.25) is 0 Å². The van der Waals surface area contributed by atoms with Gasteiger partial charge in [0, 0.05) is 12.1 Å². The summed E-state index contributed by atoms with van der Waals surface area (Å²) in [5, 5.41) is 0. The molecule has 4 fully saturated rings. The van der Waals surface area contributed by atoms with Crippen molar-refractivity contribution in [1.29, 1.82) is 0 Å². The number of halogens is 7. The van der Waals surface area contributed by atoms with Gasteiger partial charge in [-0.05, 0) is 49.9 Å². The molecule has 0 aliphatic heterocycles. The van der Waals surface area contributed by atoms with Crippen LogP contribution in [0, 0.1) is 22.7 Å². The molecule has 0 radical (unpaired) electrons. The second kappa shape index (κ2) is 9.21. The predicted octanol–water partition coefficient (Wildman–Crippen LogP) is 6.50. The summed E-state index contributed by atoms with van der Waals surface area (Å²) in [6.07, 6.45) is 1.62. The summed E-state index contributed by atoms with van der Waals surface area (Å²) in [6, 6.07) is -0.320. The van der Waals surface area contributed by atoms with Crippen LogP contribution in [0.4, 0.5) is 30.7 Å². The van der Waals surface area contributed by atoms with Crippen molar-refractivity contribution in [3.8, 4) is 0 Å². The van der Waals surface area contributed by atoms with Crippen LogP contribution >= 0.6 is 0 Å².